The smallest absolute Gasteiger partial charge is 0.420 e. The summed E-state index contributed by atoms with van der Waals surface area (Å²) >= 11 is 0. The summed E-state index contributed by atoms with van der Waals surface area (Å²) in [5, 5.41) is 0. The highest BCUT2D eigenvalue weighted by molar-refractivity contribution is 5.80. The first-order valence-electron chi connectivity index (χ1n) is 4.43. The van der Waals surface area contributed by atoms with Crippen LogP contribution in [0.3, 0.4) is 0 Å². The van der Waals surface area contributed by atoms with Crippen molar-refractivity contribution < 1.29 is 35.9 Å². The van der Waals surface area contributed by atoms with Crippen LogP contribution in [0.1, 0.15) is 21.5 Å². The first kappa shape index (κ1) is 14.3. The van der Waals surface area contributed by atoms with Crippen molar-refractivity contribution in [2.75, 3.05) is 7.11 Å². The summed E-state index contributed by atoms with van der Waals surface area (Å²) in [6.45, 7) is 0. The molecule has 0 amide bonds. The van der Waals surface area contributed by atoms with Crippen LogP contribution in [0.5, 0.6) is 5.75 Å². The number of carbonyl (C=O) groups is 1. The summed E-state index contributed by atoms with van der Waals surface area (Å²) < 4.78 is 79.6. The number of aldehydes is 1. The maximum atomic E-state index is 12.6. The molecule has 0 aliphatic rings. The summed E-state index contributed by atoms with van der Waals surface area (Å²) in [7, 11) is 0.675. The Labute approximate surface area is 97.2 Å². The lowest BCUT2D eigenvalue weighted by atomic mass is 10.0. The molecule has 100 valence electrons. The van der Waals surface area contributed by atoms with E-state index in [-0.39, 0.29) is 6.29 Å². The van der Waals surface area contributed by atoms with Gasteiger partial charge in [-0.05, 0) is 6.07 Å². The predicted octanol–water partition coefficient (Wildman–Crippen LogP) is 3.55. The Bertz CT molecular complexity index is 461. The number of halogens is 6. The van der Waals surface area contributed by atoms with Crippen LogP contribution in [-0.4, -0.2) is 13.4 Å². The molecule has 0 unspecified atom stereocenters. The minimum Gasteiger partial charge on any atom is -0.495 e. The molecule has 1 aromatic rings. The van der Waals surface area contributed by atoms with Gasteiger partial charge in [-0.3, -0.25) is 4.79 Å². The van der Waals surface area contributed by atoms with Crippen LogP contribution in [-0.2, 0) is 12.4 Å². The number of ether oxygens (including phenoxy) is 1. The number of methoxy groups -OCH3 is 1. The maximum absolute atomic E-state index is 12.6. The van der Waals surface area contributed by atoms with E-state index in [0.29, 0.717) is 19.2 Å². The molecule has 0 aromatic heterocycles. The molecule has 1 aromatic carbocycles. The molecule has 0 bridgehead atoms. The number of hydrogen-bond donors (Lipinski definition) is 0. The fourth-order valence-corrected chi connectivity index (χ4v) is 1.42. The van der Waals surface area contributed by atoms with Crippen LogP contribution >= 0.6 is 0 Å². The summed E-state index contributed by atoms with van der Waals surface area (Å²) in [6, 6.07) is 0.832. The minimum absolute atomic E-state index is 0.175. The second kappa shape index (κ2) is 4.51. The molecular weight excluding hydrogens is 266 g/mol. The standard InChI is InChI=1S/C10H6F6O2/c1-18-8-6(9(11,12)13)3-2-5(4-17)7(8)10(14,15)16/h2-4H,1H3. The van der Waals surface area contributed by atoms with Gasteiger partial charge in [-0.1, -0.05) is 6.07 Å². The third kappa shape index (κ3) is 2.57. The zero-order valence-corrected chi connectivity index (χ0v) is 8.82. The Morgan fingerprint density at radius 3 is 1.94 bits per heavy atom. The monoisotopic (exact) mass is 272 g/mol. The molecule has 0 aliphatic carbocycles. The van der Waals surface area contributed by atoms with Gasteiger partial charge in [-0.2, -0.15) is 26.3 Å². The molecule has 0 heterocycles. The minimum atomic E-state index is -5.12. The molecule has 0 radical (unpaired) electrons. The molecule has 0 fully saturated rings. The topological polar surface area (TPSA) is 26.3 Å². The number of carbonyl (C=O) groups excluding carboxylic acids is 1. The van der Waals surface area contributed by atoms with Gasteiger partial charge in [0.25, 0.3) is 0 Å². The average molecular weight is 272 g/mol. The fourth-order valence-electron chi connectivity index (χ4n) is 1.42. The zero-order chi connectivity index (χ0) is 14.1. The van der Waals surface area contributed by atoms with Gasteiger partial charge in [0.2, 0.25) is 0 Å². The van der Waals surface area contributed by atoms with Gasteiger partial charge in [0.05, 0.1) is 12.7 Å². The molecule has 0 spiro atoms. The van der Waals surface area contributed by atoms with E-state index in [1.165, 1.54) is 0 Å². The number of alkyl halides is 6. The molecular formula is C10H6F6O2. The van der Waals surface area contributed by atoms with Gasteiger partial charge in [0, 0.05) is 5.56 Å². The average Bonchev–Trinajstić information content (AvgIpc) is 2.24. The Hall–Kier alpha value is -1.73. The van der Waals surface area contributed by atoms with Crippen molar-refractivity contribution in [3.8, 4) is 5.75 Å². The van der Waals surface area contributed by atoms with Crippen molar-refractivity contribution in [1.82, 2.24) is 0 Å². The molecule has 1 rings (SSSR count). The first-order valence-corrected chi connectivity index (χ1v) is 4.43. The summed E-state index contributed by atoms with van der Waals surface area (Å²) in [4.78, 5) is 10.5. The first-order chi connectivity index (χ1) is 8.12. The summed E-state index contributed by atoms with van der Waals surface area (Å²) in [5.41, 5.74) is -4.22. The number of hydrogen-bond acceptors (Lipinski definition) is 2. The van der Waals surface area contributed by atoms with Crippen LogP contribution in [0.25, 0.3) is 0 Å². The molecule has 0 saturated carbocycles. The van der Waals surface area contributed by atoms with E-state index in [4.69, 9.17) is 0 Å². The largest absolute Gasteiger partial charge is 0.495 e. The molecule has 2 nitrogen and oxygen atoms in total. The van der Waals surface area contributed by atoms with Crippen molar-refractivity contribution in [2.45, 2.75) is 12.4 Å². The Balaban J connectivity index is 3.69. The third-order valence-corrected chi connectivity index (χ3v) is 2.11. The van der Waals surface area contributed by atoms with Crippen LogP contribution in [0.2, 0.25) is 0 Å². The third-order valence-electron chi connectivity index (χ3n) is 2.11. The molecule has 0 saturated heterocycles. The van der Waals surface area contributed by atoms with E-state index >= 15 is 0 Å². The predicted molar refractivity (Wildman–Crippen MR) is 48.4 cm³/mol. The number of benzene rings is 1. The van der Waals surface area contributed by atoms with E-state index in [9.17, 15) is 31.1 Å². The quantitative estimate of drug-likeness (QED) is 0.608. The van der Waals surface area contributed by atoms with Crippen molar-refractivity contribution in [3.05, 3.63) is 28.8 Å². The van der Waals surface area contributed by atoms with Gasteiger partial charge in [-0.25, -0.2) is 0 Å². The number of rotatable bonds is 2. The van der Waals surface area contributed by atoms with Gasteiger partial charge in [0.1, 0.15) is 11.3 Å². The van der Waals surface area contributed by atoms with Crippen molar-refractivity contribution >= 4 is 6.29 Å². The van der Waals surface area contributed by atoms with Gasteiger partial charge >= 0.3 is 12.4 Å². The van der Waals surface area contributed by atoms with Gasteiger partial charge in [0.15, 0.2) is 6.29 Å². The van der Waals surface area contributed by atoms with Gasteiger partial charge in [-0.15, -0.1) is 0 Å². The highest BCUT2D eigenvalue weighted by Crippen LogP contribution is 2.45. The van der Waals surface area contributed by atoms with E-state index in [2.05, 4.69) is 4.74 Å². The molecule has 0 N–H and O–H groups in total. The van der Waals surface area contributed by atoms with Gasteiger partial charge < -0.3 is 4.74 Å². The fraction of sp³-hybridized carbons (Fsp3) is 0.300. The molecule has 8 heteroatoms. The highest BCUT2D eigenvalue weighted by atomic mass is 19.4. The van der Waals surface area contributed by atoms with Crippen LogP contribution in [0, 0.1) is 0 Å². The van der Waals surface area contributed by atoms with Crippen molar-refractivity contribution in [2.24, 2.45) is 0 Å². The Morgan fingerprint density at radius 2 is 1.61 bits per heavy atom. The highest BCUT2D eigenvalue weighted by Gasteiger charge is 2.43. The lowest BCUT2D eigenvalue weighted by Crippen LogP contribution is -2.16. The molecule has 0 atom stereocenters. The lowest BCUT2D eigenvalue weighted by molar-refractivity contribution is -0.145. The summed E-state index contributed by atoms with van der Waals surface area (Å²) in [6.07, 6.45) is -10.3. The summed E-state index contributed by atoms with van der Waals surface area (Å²) in [5.74, 6) is -1.40. The lowest BCUT2D eigenvalue weighted by Gasteiger charge is -2.18. The molecule has 0 aliphatic heterocycles. The zero-order valence-electron chi connectivity index (χ0n) is 8.82. The second-order valence-corrected chi connectivity index (χ2v) is 3.22. The van der Waals surface area contributed by atoms with Crippen LogP contribution < -0.4 is 4.74 Å². The van der Waals surface area contributed by atoms with Crippen molar-refractivity contribution in [1.29, 1.82) is 0 Å². The van der Waals surface area contributed by atoms with Crippen molar-refractivity contribution in [3.63, 3.8) is 0 Å². The maximum Gasteiger partial charge on any atom is 0.420 e. The van der Waals surface area contributed by atoms with E-state index in [1.54, 1.807) is 0 Å². The van der Waals surface area contributed by atoms with E-state index in [1.807, 2.05) is 0 Å². The van der Waals surface area contributed by atoms with E-state index < -0.39 is 34.8 Å². The Morgan fingerprint density at radius 1 is 1.06 bits per heavy atom. The second-order valence-electron chi connectivity index (χ2n) is 3.22. The SMILES string of the molecule is COc1c(C(F)(F)F)ccc(C=O)c1C(F)(F)F. The van der Waals surface area contributed by atoms with Crippen LogP contribution in [0.15, 0.2) is 12.1 Å². The molecule has 18 heavy (non-hydrogen) atoms. The normalized spacial score (nSPS) is 12.4. The van der Waals surface area contributed by atoms with Crippen LogP contribution in [0.4, 0.5) is 26.3 Å². The van der Waals surface area contributed by atoms with E-state index in [0.717, 1.165) is 0 Å². The Kier molecular flexibility index (Phi) is 3.59.